The van der Waals surface area contributed by atoms with E-state index in [1.807, 2.05) is 54.6 Å². The minimum Gasteiger partial charge on any atom is -0.497 e. The minimum atomic E-state index is -0.0200. The summed E-state index contributed by atoms with van der Waals surface area (Å²) in [6.45, 7) is 1.69. The third-order valence-electron chi connectivity index (χ3n) is 5.08. The van der Waals surface area contributed by atoms with Gasteiger partial charge in [0.1, 0.15) is 5.75 Å². The molecule has 4 rings (SSSR count). The number of piperidine rings is 1. The zero-order valence-electron chi connectivity index (χ0n) is 15.9. The van der Waals surface area contributed by atoms with E-state index in [4.69, 9.17) is 4.74 Å². The molecule has 0 unspecified atom stereocenters. The zero-order chi connectivity index (χ0) is 19.3. The monoisotopic (exact) mass is 376 g/mol. The van der Waals surface area contributed by atoms with E-state index in [9.17, 15) is 4.79 Å². The van der Waals surface area contributed by atoms with Gasteiger partial charge in [-0.25, -0.2) is 0 Å². The van der Waals surface area contributed by atoms with Crippen LogP contribution in [0.25, 0.3) is 11.3 Å². The molecule has 0 radical (unpaired) electrons. The Hall–Kier alpha value is -3.28. The lowest BCUT2D eigenvalue weighted by atomic mass is 10.0. The molecule has 2 aromatic carbocycles. The number of aromatic nitrogens is 2. The standard InChI is InChI=1S/C22H24N4O2/c1-28-19-11-9-16(10-12-19)20-14-21(25-24-20)26-13-5-8-18(15-26)23-22(27)17-6-3-2-4-7-17/h2-4,6-7,9-12,14,18H,5,8,13,15H2,1H3,(H,23,27)(H,24,25)/t18-/m1/s1. The predicted octanol–water partition coefficient (Wildman–Crippen LogP) is 3.48. The van der Waals surface area contributed by atoms with Gasteiger partial charge in [0, 0.05) is 30.8 Å². The van der Waals surface area contributed by atoms with Crippen molar-refractivity contribution in [3.05, 3.63) is 66.2 Å². The molecule has 0 spiro atoms. The van der Waals surface area contributed by atoms with E-state index in [0.717, 1.165) is 48.8 Å². The molecule has 6 heteroatoms. The predicted molar refractivity (Wildman–Crippen MR) is 110 cm³/mol. The van der Waals surface area contributed by atoms with Crippen LogP contribution in [0.1, 0.15) is 23.2 Å². The van der Waals surface area contributed by atoms with Gasteiger partial charge in [0.25, 0.3) is 5.91 Å². The van der Waals surface area contributed by atoms with Crippen LogP contribution in [0.2, 0.25) is 0 Å². The maximum atomic E-state index is 12.4. The largest absolute Gasteiger partial charge is 0.497 e. The molecule has 6 nitrogen and oxygen atoms in total. The lowest BCUT2D eigenvalue weighted by Gasteiger charge is -2.33. The molecular formula is C22H24N4O2. The second kappa shape index (κ2) is 8.17. The molecule has 1 aromatic heterocycles. The van der Waals surface area contributed by atoms with Crippen molar-refractivity contribution in [3.63, 3.8) is 0 Å². The highest BCUT2D eigenvalue weighted by atomic mass is 16.5. The molecule has 1 aliphatic heterocycles. The summed E-state index contributed by atoms with van der Waals surface area (Å²) >= 11 is 0. The van der Waals surface area contributed by atoms with Crippen molar-refractivity contribution >= 4 is 11.7 Å². The summed E-state index contributed by atoms with van der Waals surface area (Å²) in [5, 5.41) is 10.8. The number of carbonyl (C=O) groups excluding carboxylic acids is 1. The highest BCUT2D eigenvalue weighted by Gasteiger charge is 2.23. The Morgan fingerprint density at radius 3 is 2.71 bits per heavy atom. The van der Waals surface area contributed by atoms with Crippen LogP contribution < -0.4 is 15.0 Å². The third-order valence-corrected chi connectivity index (χ3v) is 5.08. The van der Waals surface area contributed by atoms with Crippen molar-refractivity contribution in [1.82, 2.24) is 15.5 Å². The quantitative estimate of drug-likeness (QED) is 0.715. The Bertz CT molecular complexity index is 921. The number of rotatable bonds is 5. The zero-order valence-corrected chi connectivity index (χ0v) is 15.9. The van der Waals surface area contributed by atoms with E-state index in [1.165, 1.54) is 0 Å². The molecule has 0 aliphatic carbocycles. The topological polar surface area (TPSA) is 70.2 Å². The SMILES string of the molecule is COc1ccc(-c2cc(N3CCC[C@@H](NC(=O)c4ccccc4)C3)n[nH]2)cc1. The summed E-state index contributed by atoms with van der Waals surface area (Å²) in [6.07, 6.45) is 2.00. The van der Waals surface area contributed by atoms with Crippen molar-refractivity contribution in [3.8, 4) is 17.0 Å². The summed E-state index contributed by atoms with van der Waals surface area (Å²) in [5.41, 5.74) is 2.72. The van der Waals surface area contributed by atoms with Gasteiger partial charge in [-0.3, -0.25) is 9.89 Å². The fourth-order valence-corrected chi connectivity index (χ4v) is 3.55. The lowest BCUT2D eigenvalue weighted by molar-refractivity contribution is 0.0933. The molecule has 1 aliphatic rings. The number of nitrogens with zero attached hydrogens (tertiary/aromatic N) is 2. The summed E-state index contributed by atoms with van der Waals surface area (Å²) in [4.78, 5) is 14.7. The van der Waals surface area contributed by atoms with Crippen molar-refractivity contribution < 1.29 is 9.53 Å². The molecule has 2 N–H and O–H groups in total. The fraction of sp³-hybridized carbons (Fsp3) is 0.273. The van der Waals surface area contributed by atoms with E-state index in [1.54, 1.807) is 7.11 Å². The number of H-pyrrole nitrogens is 1. The molecule has 1 saturated heterocycles. The maximum absolute atomic E-state index is 12.4. The first-order valence-electron chi connectivity index (χ1n) is 9.53. The number of nitrogens with one attached hydrogen (secondary N) is 2. The van der Waals surface area contributed by atoms with Gasteiger partial charge in [-0.1, -0.05) is 18.2 Å². The van der Waals surface area contributed by atoms with Gasteiger partial charge in [0.2, 0.25) is 0 Å². The number of ether oxygens (including phenoxy) is 1. The third kappa shape index (κ3) is 4.01. The van der Waals surface area contributed by atoms with E-state index in [0.29, 0.717) is 5.56 Å². The van der Waals surface area contributed by atoms with Crippen molar-refractivity contribution in [1.29, 1.82) is 0 Å². The summed E-state index contributed by atoms with van der Waals surface area (Å²) in [5.74, 6) is 1.72. The summed E-state index contributed by atoms with van der Waals surface area (Å²) < 4.78 is 5.21. The number of anilines is 1. The summed E-state index contributed by atoms with van der Waals surface area (Å²) in [7, 11) is 1.66. The Kier molecular flexibility index (Phi) is 5.28. The number of benzene rings is 2. The first-order chi connectivity index (χ1) is 13.7. The molecule has 1 amide bonds. The fourth-order valence-electron chi connectivity index (χ4n) is 3.55. The van der Waals surface area contributed by atoms with E-state index < -0.39 is 0 Å². The smallest absolute Gasteiger partial charge is 0.251 e. The van der Waals surface area contributed by atoms with Gasteiger partial charge in [-0.15, -0.1) is 0 Å². The first-order valence-corrected chi connectivity index (χ1v) is 9.53. The van der Waals surface area contributed by atoms with Crippen LogP contribution >= 0.6 is 0 Å². The van der Waals surface area contributed by atoms with E-state index in [-0.39, 0.29) is 11.9 Å². The maximum Gasteiger partial charge on any atom is 0.251 e. The van der Waals surface area contributed by atoms with Crippen LogP contribution in [0.3, 0.4) is 0 Å². The average molecular weight is 376 g/mol. The Morgan fingerprint density at radius 2 is 1.96 bits per heavy atom. The molecule has 2 heterocycles. The van der Waals surface area contributed by atoms with Gasteiger partial charge in [-0.05, 0) is 54.8 Å². The highest BCUT2D eigenvalue weighted by molar-refractivity contribution is 5.94. The molecule has 0 bridgehead atoms. The van der Waals surface area contributed by atoms with Gasteiger partial charge >= 0.3 is 0 Å². The second-order valence-corrected chi connectivity index (χ2v) is 6.99. The van der Waals surface area contributed by atoms with Crippen LogP contribution in [0.15, 0.2) is 60.7 Å². The van der Waals surface area contributed by atoms with Crippen LogP contribution in [-0.2, 0) is 0 Å². The molecular weight excluding hydrogens is 352 g/mol. The van der Waals surface area contributed by atoms with Crippen molar-refractivity contribution in [2.75, 3.05) is 25.1 Å². The average Bonchev–Trinajstić information content (AvgIpc) is 3.25. The van der Waals surface area contributed by atoms with Crippen LogP contribution in [-0.4, -0.2) is 42.3 Å². The Morgan fingerprint density at radius 1 is 1.18 bits per heavy atom. The molecule has 1 fully saturated rings. The number of methoxy groups -OCH3 is 1. The van der Waals surface area contributed by atoms with Gasteiger partial charge in [-0.2, -0.15) is 5.10 Å². The van der Waals surface area contributed by atoms with Gasteiger partial charge in [0.15, 0.2) is 5.82 Å². The molecule has 3 aromatic rings. The molecule has 28 heavy (non-hydrogen) atoms. The number of hydrogen-bond donors (Lipinski definition) is 2. The number of aromatic amines is 1. The normalized spacial score (nSPS) is 16.6. The van der Waals surface area contributed by atoms with Crippen LogP contribution in [0.4, 0.5) is 5.82 Å². The van der Waals surface area contributed by atoms with E-state index in [2.05, 4.69) is 26.5 Å². The van der Waals surface area contributed by atoms with Crippen LogP contribution in [0, 0.1) is 0 Å². The second-order valence-electron chi connectivity index (χ2n) is 6.99. The Labute approximate surface area is 164 Å². The molecule has 1 atom stereocenters. The van der Waals surface area contributed by atoms with E-state index >= 15 is 0 Å². The summed E-state index contributed by atoms with van der Waals surface area (Å²) in [6, 6.07) is 19.4. The van der Waals surface area contributed by atoms with Gasteiger partial charge in [0.05, 0.1) is 12.8 Å². The number of hydrogen-bond acceptors (Lipinski definition) is 4. The number of amides is 1. The number of carbonyl (C=O) groups is 1. The van der Waals surface area contributed by atoms with Gasteiger partial charge < -0.3 is 15.0 Å². The van der Waals surface area contributed by atoms with Crippen molar-refractivity contribution in [2.24, 2.45) is 0 Å². The van der Waals surface area contributed by atoms with Crippen LogP contribution in [0.5, 0.6) is 5.75 Å². The van der Waals surface area contributed by atoms with Crippen molar-refractivity contribution in [2.45, 2.75) is 18.9 Å². The first kappa shape index (κ1) is 18.1. The lowest BCUT2D eigenvalue weighted by Crippen LogP contribution is -2.48. The molecule has 0 saturated carbocycles. The Balaban J connectivity index is 1.42. The molecule has 144 valence electrons. The highest BCUT2D eigenvalue weighted by Crippen LogP contribution is 2.25. The minimum absolute atomic E-state index is 0.0200.